The first-order valence-electron chi connectivity index (χ1n) is 6.96. The topological polar surface area (TPSA) is 64.2 Å². The summed E-state index contributed by atoms with van der Waals surface area (Å²) in [6, 6.07) is 12.5. The van der Waals surface area contributed by atoms with Gasteiger partial charge >= 0.3 is 0 Å². The number of aromatic nitrogens is 2. The van der Waals surface area contributed by atoms with Crippen LogP contribution in [0.3, 0.4) is 0 Å². The van der Waals surface area contributed by atoms with Crippen LogP contribution in [0, 0.1) is 12.3 Å². The maximum Gasteiger partial charge on any atom is 0.259 e. The molecular weight excluding hydrogens is 292 g/mol. The second-order valence-corrected chi connectivity index (χ2v) is 4.79. The first-order valence-corrected chi connectivity index (χ1v) is 6.96. The first-order chi connectivity index (χ1) is 11.2. The standard InChI is InChI=1S/C18H14N2O3/c1-3-10-23-15-9-8-12(11-16(15)22-2)17-19-14-7-5-4-6-13(14)18(21)20-17/h1,4-9,11H,10H2,2H3,(H,19,20,21). The normalized spacial score (nSPS) is 10.3. The molecule has 0 amide bonds. The smallest absolute Gasteiger partial charge is 0.259 e. The molecule has 0 fully saturated rings. The molecule has 5 heteroatoms. The molecule has 1 aromatic heterocycles. The minimum Gasteiger partial charge on any atom is -0.493 e. The van der Waals surface area contributed by atoms with Crippen LogP contribution in [0.15, 0.2) is 47.3 Å². The van der Waals surface area contributed by atoms with E-state index < -0.39 is 0 Å². The van der Waals surface area contributed by atoms with Crippen molar-refractivity contribution in [1.29, 1.82) is 0 Å². The van der Waals surface area contributed by atoms with Crippen LogP contribution in [-0.4, -0.2) is 23.7 Å². The Labute approximate surface area is 132 Å². The van der Waals surface area contributed by atoms with E-state index in [2.05, 4.69) is 15.9 Å². The molecule has 5 nitrogen and oxygen atoms in total. The van der Waals surface area contributed by atoms with Crippen molar-refractivity contribution < 1.29 is 9.47 Å². The summed E-state index contributed by atoms with van der Waals surface area (Å²) in [5.74, 6) is 3.93. The highest BCUT2D eigenvalue weighted by Crippen LogP contribution is 2.31. The van der Waals surface area contributed by atoms with Gasteiger partial charge in [-0.1, -0.05) is 18.1 Å². The number of benzene rings is 2. The van der Waals surface area contributed by atoms with Crippen LogP contribution in [0.1, 0.15) is 0 Å². The van der Waals surface area contributed by atoms with Crippen LogP contribution < -0.4 is 15.0 Å². The Bertz CT molecular complexity index is 954. The number of aromatic amines is 1. The van der Waals surface area contributed by atoms with E-state index >= 15 is 0 Å². The zero-order valence-electron chi connectivity index (χ0n) is 12.5. The molecule has 0 aliphatic rings. The van der Waals surface area contributed by atoms with E-state index in [1.807, 2.05) is 6.07 Å². The number of H-pyrrole nitrogens is 1. The third kappa shape index (κ3) is 2.87. The molecule has 0 saturated carbocycles. The lowest BCUT2D eigenvalue weighted by Gasteiger charge is -2.10. The molecule has 23 heavy (non-hydrogen) atoms. The van der Waals surface area contributed by atoms with Crippen LogP contribution in [0.5, 0.6) is 11.5 Å². The largest absolute Gasteiger partial charge is 0.493 e. The van der Waals surface area contributed by atoms with E-state index in [0.29, 0.717) is 28.2 Å². The predicted octanol–water partition coefficient (Wildman–Crippen LogP) is 2.61. The van der Waals surface area contributed by atoms with Gasteiger partial charge in [-0.05, 0) is 30.3 Å². The van der Waals surface area contributed by atoms with Crippen molar-refractivity contribution in [2.45, 2.75) is 0 Å². The molecule has 0 radical (unpaired) electrons. The Kier molecular flexibility index (Phi) is 3.98. The van der Waals surface area contributed by atoms with Gasteiger partial charge in [0, 0.05) is 5.56 Å². The van der Waals surface area contributed by atoms with Crippen molar-refractivity contribution in [3.8, 4) is 35.2 Å². The van der Waals surface area contributed by atoms with E-state index in [0.717, 1.165) is 5.56 Å². The molecule has 0 bridgehead atoms. The minimum atomic E-state index is -0.183. The molecule has 0 aliphatic heterocycles. The summed E-state index contributed by atoms with van der Waals surface area (Å²) in [6.45, 7) is 0.154. The summed E-state index contributed by atoms with van der Waals surface area (Å²) in [6.07, 6.45) is 5.19. The predicted molar refractivity (Wildman–Crippen MR) is 88.7 cm³/mol. The Morgan fingerprint density at radius 3 is 2.83 bits per heavy atom. The maximum absolute atomic E-state index is 12.2. The average Bonchev–Trinajstić information content (AvgIpc) is 2.59. The van der Waals surface area contributed by atoms with Gasteiger partial charge in [-0.25, -0.2) is 4.98 Å². The summed E-state index contributed by atoms with van der Waals surface area (Å²) < 4.78 is 10.7. The zero-order valence-corrected chi connectivity index (χ0v) is 12.5. The maximum atomic E-state index is 12.2. The highest BCUT2D eigenvalue weighted by molar-refractivity contribution is 5.79. The number of ether oxygens (including phenoxy) is 2. The fraction of sp³-hybridized carbons (Fsp3) is 0.111. The summed E-state index contributed by atoms with van der Waals surface area (Å²) in [5, 5.41) is 0.553. The van der Waals surface area contributed by atoms with Crippen molar-refractivity contribution in [3.05, 3.63) is 52.8 Å². The van der Waals surface area contributed by atoms with E-state index in [9.17, 15) is 4.79 Å². The summed E-state index contributed by atoms with van der Waals surface area (Å²) in [4.78, 5) is 19.4. The Morgan fingerprint density at radius 1 is 1.22 bits per heavy atom. The van der Waals surface area contributed by atoms with Gasteiger partial charge in [0.1, 0.15) is 12.4 Å². The number of para-hydroxylation sites is 1. The van der Waals surface area contributed by atoms with Crippen LogP contribution in [0.2, 0.25) is 0 Å². The molecule has 3 rings (SSSR count). The number of hydrogen-bond acceptors (Lipinski definition) is 4. The molecular formula is C18H14N2O3. The number of nitrogens with one attached hydrogen (secondary N) is 1. The summed E-state index contributed by atoms with van der Waals surface area (Å²) >= 11 is 0. The average molecular weight is 306 g/mol. The van der Waals surface area contributed by atoms with E-state index in [-0.39, 0.29) is 12.2 Å². The number of rotatable bonds is 4. The zero-order chi connectivity index (χ0) is 16.2. The molecule has 0 unspecified atom stereocenters. The van der Waals surface area contributed by atoms with Gasteiger partial charge in [-0.2, -0.15) is 0 Å². The van der Waals surface area contributed by atoms with Crippen molar-refractivity contribution in [3.63, 3.8) is 0 Å². The third-order valence-corrected chi connectivity index (χ3v) is 3.36. The molecule has 0 spiro atoms. The molecule has 0 saturated heterocycles. The van der Waals surface area contributed by atoms with Gasteiger partial charge in [-0.15, -0.1) is 6.42 Å². The highest BCUT2D eigenvalue weighted by atomic mass is 16.5. The van der Waals surface area contributed by atoms with Gasteiger partial charge in [0.2, 0.25) is 0 Å². The van der Waals surface area contributed by atoms with Crippen LogP contribution in [0.4, 0.5) is 0 Å². The third-order valence-electron chi connectivity index (χ3n) is 3.36. The first kappa shape index (κ1) is 14.7. The molecule has 1 heterocycles. The lowest BCUT2D eigenvalue weighted by molar-refractivity contribution is 0.331. The van der Waals surface area contributed by atoms with Crippen molar-refractivity contribution >= 4 is 10.9 Å². The quantitative estimate of drug-likeness (QED) is 0.753. The lowest BCUT2D eigenvalue weighted by atomic mass is 10.1. The molecule has 3 aromatic rings. The molecule has 0 aliphatic carbocycles. The molecule has 114 valence electrons. The monoisotopic (exact) mass is 306 g/mol. The highest BCUT2D eigenvalue weighted by Gasteiger charge is 2.10. The van der Waals surface area contributed by atoms with Gasteiger partial charge in [0.05, 0.1) is 18.0 Å². The molecule has 0 atom stereocenters. The number of fused-ring (bicyclic) bond motifs is 1. The minimum absolute atomic E-state index is 0.154. The number of methoxy groups -OCH3 is 1. The number of terminal acetylenes is 1. The lowest BCUT2D eigenvalue weighted by Crippen LogP contribution is -2.09. The van der Waals surface area contributed by atoms with E-state index in [1.54, 1.807) is 43.5 Å². The second kappa shape index (κ2) is 6.24. The Morgan fingerprint density at radius 2 is 2.04 bits per heavy atom. The van der Waals surface area contributed by atoms with Crippen molar-refractivity contribution in [1.82, 2.24) is 9.97 Å². The molecule has 1 N–H and O–H groups in total. The number of hydrogen-bond donors (Lipinski definition) is 1. The SMILES string of the molecule is C#CCOc1ccc(-c2nc3ccccc3c(=O)[nH]2)cc1OC. The van der Waals surface area contributed by atoms with Gasteiger partial charge in [-0.3, -0.25) is 4.79 Å². The van der Waals surface area contributed by atoms with E-state index in [1.165, 1.54) is 0 Å². The second-order valence-electron chi connectivity index (χ2n) is 4.79. The van der Waals surface area contributed by atoms with Crippen LogP contribution in [-0.2, 0) is 0 Å². The summed E-state index contributed by atoms with van der Waals surface area (Å²) in [5.41, 5.74) is 1.17. The van der Waals surface area contributed by atoms with Crippen molar-refractivity contribution in [2.75, 3.05) is 13.7 Å². The summed E-state index contributed by atoms with van der Waals surface area (Å²) in [7, 11) is 1.54. The number of nitrogens with zero attached hydrogens (tertiary/aromatic N) is 1. The Hall–Kier alpha value is -3.26. The van der Waals surface area contributed by atoms with Crippen LogP contribution in [0.25, 0.3) is 22.3 Å². The van der Waals surface area contributed by atoms with Crippen molar-refractivity contribution in [2.24, 2.45) is 0 Å². The Balaban J connectivity index is 2.08. The van der Waals surface area contributed by atoms with E-state index in [4.69, 9.17) is 15.9 Å². The van der Waals surface area contributed by atoms with Gasteiger partial charge < -0.3 is 14.5 Å². The molecule has 2 aromatic carbocycles. The fourth-order valence-electron chi connectivity index (χ4n) is 2.28. The fourth-order valence-corrected chi connectivity index (χ4v) is 2.28. The van der Waals surface area contributed by atoms with Gasteiger partial charge in [0.25, 0.3) is 5.56 Å². The van der Waals surface area contributed by atoms with Gasteiger partial charge in [0.15, 0.2) is 11.5 Å². The van der Waals surface area contributed by atoms with Crippen LogP contribution >= 0.6 is 0 Å².